The maximum atomic E-state index is 12.0. The third-order valence-electron chi connectivity index (χ3n) is 4.74. The number of hydrogen-bond donors (Lipinski definition) is 2. The SMILES string of the molecule is CCC(C)NC(=O)CN(CC)C1CC2CCC(C1)N2. The molecule has 0 radical (unpaired) electrons. The van der Waals surface area contributed by atoms with Gasteiger partial charge in [0.2, 0.25) is 5.91 Å². The second-order valence-corrected chi connectivity index (χ2v) is 6.20. The topological polar surface area (TPSA) is 44.4 Å². The van der Waals surface area contributed by atoms with E-state index in [-0.39, 0.29) is 11.9 Å². The largest absolute Gasteiger partial charge is 0.353 e. The molecule has 3 atom stereocenters. The highest BCUT2D eigenvalue weighted by Gasteiger charge is 2.36. The van der Waals surface area contributed by atoms with Crippen LogP contribution in [0.4, 0.5) is 0 Å². The third kappa shape index (κ3) is 3.93. The molecule has 2 rings (SSSR count). The molecule has 0 aliphatic carbocycles. The van der Waals surface area contributed by atoms with Gasteiger partial charge in [-0.3, -0.25) is 9.69 Å². The highest BCUT2D eigenvalue weighted by atomic mass is 16.2. The molecule has 2 fully saturated rings. The molecule has 3 unspecified atom stereocenters. The first-order valence-corrected chi connectivity index (χ1v) is 7.91. The Kier molecular flexibility index (Phi) is 5.22. The lowest BCUT2D eigenvalue weighted by Gasteiger charge is -2.37. The molecule has 0 saturated carbocycles. The molecule has 2 aliphatic heterocycles. The van der Waals surface area contributed by atoms with E-state index >= 15 is 0 Å². The summed E-state index contributed by atoms with van der Waals surface area (Å²) in [5, 5.41) is 6.74. The minimum atomic E-state index is 0.182. The summed E-state index contributed by atoms with van der Waals surface area (Å²) in [6.07, 6.45) is 6.05. The standard InChI is InChI=1S/C15H29N3O/c1-4-11(3)16-15(19)10-18(5-2)14-8-12-6-7-13(9-14)17-12/h11-14,17H,4-10H2,1-3H3,(H,16,19). The van der Waals surface area contributed by atoms with Gasteiger partial charge in [0.15, 0.2) is 0 Å². The minimum absolute atomic E-state index is 0.182. The summed E-state index contributed by atoms with van der Waals surface area (Å²) >= 11 is 0. The van der Waals surface area contributed by atoms with Crippen LogP contribution in [0.15, 0.2) is 0 Å². The van der Waals surface area contributed by atoms with Crippen LogP contribution < -0.4 is 10.6 Å². The molecule has 2 heterocycles. The van der Waals surface area contributed by atoms with E-state index in [0.29, 0.717) is 24.7 Å². The Hall–Kier alpha value is -0.610. The normalized spacial score (nSPS) is 31.5. The Balaban J connectivity index is 1.84. The lowest BCUT2D eigenvalue weighted by atomic mass is 9.98. The lowest BCUT2D eigenvalue weighted by molar-refractivity contribution is -0.123. The minimum Gasteiger partial charge on any atom is -0.353 e. The van der Waals surface area contributed by atoms with Gasteiger partial charge >= 0.3 is 0 Å². The Labute approximate surface area is 117 Å². The fourth-order valence-corrected chi connectivity index (χ4v) is 3.43. The van der Waals surface area contributed by atoms with Crippen molar-refractivity contribution in [3.05, 3.63) is 0 Å². The van der Waals surface area contributed by atoms with E-state index in [4.69, 9.17) is 0 Å². The maximum Gasteiger partial charge on any atom is 0.234 e. The van der Waals surface area contributed by atoms with Crippen molar-refractivity contribution in [3.8, 4) is 0 Å². The fourth-order valence-electron chi connectivity index (χ4n) is 3.43. The summed E-state index contributed by atoms with van der Waals surface area (Å²) in [5.41, 5.74) is 0. The first-order chi connectivity index (χ1) is 9.12. The van der Waals surface area contributed by atoms with Gasteiger partial charge in [-0.05, 0) is 45.6 Å². The van der Waals surface area contributed by atoms with E-state index in [2.05, 4.69) is 36.3 Å². The second-order valence-electron chi connectivity index (χ2n) is 6.20. The van der Waals surface area contributed by atoms with Gasteiger partial charge in [-0.1, -0.05) is 13.8 Å². The molecule has 0 spiro atoms. The molecule has 2 bridgehead atoms. The zero-order chi connectivity index (χ0) is 13.8. The molecule has 4 heteroatoms. The molecular weight excluding hydrogens is 238 g/mol. The molecule has 0 aromatic carbocycles. The third-order valence-corrected chi connectivity index (χ3v) is 4.74. The van der Waals surface area contributed by atoms with E-state index in [1.165, 1.54) is 25.7 Å². The van der Waals surface area contributed by atoms with Gasteiger partial charge in [0, 0.05) is 24.2 Å². The molecule has 110 valence electrons. The van der Waals surface area contributed by atoms with Gasteiger partial charge in [0.05, 0.1) is 6.54 Å². The number of carbonyl (C=O) groups is 1. The number of nitrogens with zero attached hydrogens (tertiary/aromatic N) is 1. The van der Waals surface area contributed by atoms with Crippen molar-refractivity contribution in [2.24, 2.45) is 0 Å². The lowest BCUT2D eigenvalue weighted by Crippen LogP contribution is -2.51. The van der Waals surface area contributed by atoms with Crippen LogP contribution in [0.5, 0.6) is 0 Å². The smallest absolute Gasteiger partial charge is 0.234 e. The molecule has 4 nitrogen and oxygen atoms in total. The van der Waals surface area contributed by atoms with Crippen LogP contribution in [0, 0.1) is 0 Å². The second kappa shape index (κ2) is 6.71. The Morgan fingerprint density at radius 3 is 2.47 bits per heavy atom. The van der Waals surface area contributed by atoms with Crippen LogP contribution in [-0.4, -0.2) is 48.1 Å². The summed E-state index contributed by atoms with van der Waals surface area (Å²) in [6.45, 7) is 7.87. The highest BCUT2D eigenvalue weighted by molar-refractivity contribution is 5.78. The monoisotopic (exact) mass is 267 g/mol. The summed E-state index contributed by atoms with van der Waals surface area (Å²) in [6, 6.07) is 2.26. The van der Waals surface area contributed by atoms with Crippen LogP contribution >= 0.6 is 0 Å². The van der Waals surface area contributed by atoms with Crippen molar-refractivity contribution in [1.82, 2.24) is 15.5 Å². The van der Waals surface area contributed by atoms with Crippen molar-refractivity contribution >= 4 is 5.91 Å². The first kappa shape index (κ1) is 14.8. The summed E-state index contributed by atoms with van der Waals surface area (Å²) in [7, 11) is 0. The first-order valence-electron chi connectivity index (χ1n) is 7.91. The van der Waals surface area contributed by atoms with Gasteiger partial charge in [-0.15, -0.1) is 0 Å². The molecule has 2 N–H and O–H groups in total. The Morgan fingerprint density at radius 2 is 1.95 bits per heavy atom. The summed E-state index contributed by atoms with van der Waals surface area (Å²) in [5.74, 6) is 0.182. The molecule has 2 aliphatic rings. The van der Waals surface area contributed by atoms with Gasteiger partial charge in [-0.25, -0.2) is 0 Å². The van der Waals surface area contributed by atoms with Crippen LogP contribution in [0.2, 0.25) is 0 Å². The van der Waals surface area contributed by atoms with E-state index in [9.17, 15) is 4.79 Å². The number of rotatable bonds is 6. The van der Waals surface area contributed by atoms with Crippen molar-refractivity contribution in [3.63, 3.8) is 0 Å². The molecule has 0 aromatic rings. The highest BCUT2D eigenvalue weighted by Crippen LogP contribution is 2.29. The molecule has 1 amide bonds. The molecule has 2 saturated heterocycles. The van der Waals surface area contributed by atoms with Crippen molar-refractivity contribution in [2.75, 3.05) is 13.1 Å². The van der Waals surface area contributed by atoms with Crippen LogP contribution in [0.25, 0.3) is 0 Å². The maximum absolute atomic E-state index is 12.0. The number of carbonyl (C=O) groups excluding carboxylic acids is 1. The predicted octanol–water partition coefficient (Wildman–Crippen LogP) is 1.51. The number of hydrogen-bond acceptors (Lipinski definition) is 3. The van der Waals surface area contributed by atoms with Gasteiger partial charge < -0.3 is 10.6 Å². The van der Waals surface area contributed by atoms with Gasteiger partial charge in [0.1, 0.15) is 0 Å². The zero-order valence-electron chi connectivity index (χ0n) is 12.6. The zero-order valence-corrected chi connectivity index (χ0v) is 12.6. The van der Waals surface area contributed by atoms with E-state index in [0.717, 1.165) is 13.0 Å². The number of amides is 1. The average Bonchev–Trinajstić information content (AvgIpc) is 2.74. The van der Waals surface area contributed by atoms with Crippen LogP contribution in [-0.2, 0) is 4.79 Å². The van der Waals surface area contributed by atoms with E-state index in [1.54, 1.807) is 0 Å². The average molecular weight is 267 g/mol. The quantitative estimate of drug-likeness (QED) is 0.766. The van der Waals surface area contributed by atoms with E-state index < -0.39 is 0 Å². The molecule has 19 heavy (non-hydrogen) atoms. The fraction of sp³-hybridized carbons (Fsp3) is 0.933. The number of fused-ring (bicyclic) bond motifs is 2. The van der Waals surface area contributed by atoms with Crippen LogP contribution in [0.1, 0.15) is 52.9 Å². The van der Waals surface area contributed by atoms with Gasteiger partial charge in [-0.2, -0.15) is 0 Å². The van der Waals surface area contributed by atoms with Gasteiger partial charge in [0.25, 0.3) is 0 Å². The Bertz CT molecular complexity index is 296. The Morgan fingerprint density at radius 1 is 1.32 bits per heavy atom. The van der Waals surface area contributed by atoms with Crippen molar-refractivity contribution in [1.29, 1.82) is 0 Å². The van der Waals surface area contributed by atoms with Crippen LogP contribution in [0.3, 0.4) is 0 Å². The van der Waals surface area contributed by atoms with Crippen molar-refractivity contribution < 1.29 is 4.79 Å². The molecular formula is C15H29N3O. The number of piperidine rings is 1. The van der Waals surface area contributed by atoms with E-state index in [1.807, 2.05) is 0 Å². The number of likely N-dealkylation sites (N-methyl/N-ethyl adjacent to an activating group) is 1. The summed E-state index contributed by atoms with van der Waals surface area (Å²) < 4.78 is 0. The molecule has 0 aromatic heterocycles. The van der Waals surface area contributed by atoms with Crippen molar-refractivity contribution in [2.45, 2.75) is 77.0 Å². The summed E-state index contributed by atoms with van der Waals surface area (Å²) in [4.78, 5) is 14.4. The predicted molar refractivity (Wildman–Crippen MR) is 78.1 cm³/mol. The number of nitrogens with one attached hydrogen (secondary N) is 2.